The zero-order valence-electron chi connectivity index (χ0n) is 15.0. The molecule has 1 aliphatic carbocycles. The molecule has 138 valence electrons. The number of carbonyl (C=O) groups is 2. The number of nitro benzene ring substituents is 1. The molecule has 1 aromatic rings. The molecule has 0 radical (unpaired) electrons. The van der Waals surface area contributed by atoms with Gasteiger partial charge in [0, 0.05) is 12.1 Å². The van der Waals surface area contributed by atoms with Crippen LogP contribution in [0, 0.1) is 10.1 Å². The van der Waals surface area contributed by atoms with Crippen LogP contribution in [0.5, 0.6) is 0 Å². The Bertz CT molecular complexity index is 578. The number of rotatable bonds is 5. The summed E-state index contributed by atoms with van der Waals surface area (Å²) in [7, 11) is 1.27. The fourth-order valence-electron chi connectivity index (χ4n) is 2.77. The predicted octanol–water partition coefficient (Wildman–Crippen LogP) is 3.33. The molecule has 1 aliphatic rings. The average Bonchev–Trinajstić information content (AvgIpc) is 2.62. The molecule has 0 unspecified atom stereocenters. The van der Waals surface area contributed by atoms with E-state index in [1.54, 1.807) is 26.0 Å². The average molecular weight is 350 g/mol. The van der Waals surface area contributed by atoms with Crippen LogP contribution in [0.2, 0.25) is 0 Å². The number of ether oxygens (including phenoxy) is 1. The summed E-state index contributed by atoms with van der Waals surface area (Å²) in [6.45, 7) is 3.13. The van der Waals surface area contributed by atoms with Crippen LogP contribution < -0.4 is 5.32 Å². The smallest absolute Gasteiger partial charge is 0.330 e. The Kier molecular flexibility index (Phi) is 8.04. The monoisotopic (exact) mass is 350 g/mol. The summed E-state index contributed by atoms with van der Waals surface area (Å²) in [6.07, 6.45) is 6.86. The van der Waals surface area contributed by atoms with Crippen LogP contribution in [0.3, 0.4) is 0 Å². The Morgan fingerprint density at radius 3 is 2.24 bits per heavy atom. The van der Waals surface area contributed by atoms with Crippen molar-refractivity contribution in [2.45, 2.75) is 57.4 Å². The van der Waals surface area contributed by atoms with Crippen molar-refractivity contribution >= 4 is 18.1 Å². The first-order valence-corrected chi connectivity index (χ1v) is 8.36. The molecule has 0 heterocycles. The van der Waals surface area contributed by atoms with Gasteiger partial charge in [-0.05, 0) is 38.2 Å². The predicted molar refractivity (Wildman–Crippen MR) is 94.2 cm³/mol. The van der Waals surface area contributed by atoms with Crippen molar-refractivity contribution < 1.29 is 19.2 Å². The van der Waals surface area contributed by atoms with E-state index in [9.17, 15) is 19.7 Å². The quantitative estimate of drug-likeness (QED) is 0.380. The topological polar surface area (TPSA) is 98.5 Å². The standard InChI is InChI=1S/C12H15NO2.C6H11NO3/c14-13(15)12-8-6-11(7-9-12)10-4-2-1-3-5-10;1-6(2,7-4-8)5(9)10-3/h6-10H,1-5H2;4H,1-3H3,(H,7,8). The maximum absolute atomic E-state index is 10.8. The first-order chi connectivity index (χ1) is 11.8. The van der Waals surface area contributed by atoms with Crippen LogP contribution in [-0.2, 0) is 14.3 Å². The molecule has 1 fully saturated rings. The molecule has 7 heteroatoms. The lowest BCUT2D eigenvalue weighted by molar-refractivity contribution is -0.384. The van der Waals surface area contributed by atoms with Crippen LogP contribution in [0.15, 0.2) is 24.3 Å². The number of carbonyl (C=O) groups excluding carboxylic acids is 2. The summed E-state index contributed by atoms with van der Waals surface area (Å²) in [4.78, 5) is 30.9. The van der Waals surface area contributed by atoms with E-state index in [1.165, 1.54) is 44.8 Å². The van der Waals surface area contributed by atoms with Crippen molar-refractivity contribution in [2.24, 2.45) is 0 Å². The van der Waals surface area contributed by atoms with E-state index in [2.05, 4.69) is 10.1 Å². The highest BCUT2D eigenvalue weighted by atomic mass is 16.6. The van der Waals surface area contributed by atoms with E-state index in [1.807, 2.05) is 12.1 Å². The Labute approximate surface area is 147 Å². The molecule has 0 atom stereocenters. The molecule has 0 bridgehead atoms. The molecule has 0 spiro atoms. The lowest BCUT2D eigenvalue weighted by Crippen LogP contribution is -2.46. The molecule has 7 nitrogen and oxygen atoms in total. The van der Waals surface area contributed by atoms with E-state index in [0.717, 1.165) is 0 Å². The number of esters is 1. The van der Waals surface area contributed by atoms with Gasteiger partial charge in [-0.3, -0.25) is 14.9 Å². The maximum atomic E-state index is 10.8. The Hall–Kier alpha value is -2.44. The van der Waals surface area contributed by atoms with Gasteiger partial charge in [0.05, 0.1) is 12.0 Å². The number of nitrogens with zero attached hydrogens (tertiary/aromatic N) is 1. The number of benzene rings is 1. The summed E-state index contributed by atoms with van der Waals surface area (Å²) in [6, 6.07) is 7.05. The minimum atomic E-state index is -0.920. The van der Waals surface area contributed by atoms with Crippen molar-refractivity contribution in [3.8, 4) is 0 Å². The van der Waals surface area contributed by atoms with Gasteiger partial charge >= 0.3 is 5.97 Å². The third-order valence-electron chi connectivity index (χ3n) is 4.30. The molecule has 0 aromatic heterocycles. The molecule has 1 aromatic carbocycles. The fraction of sp³-hybridized carbons (Fsp3) is 0.556. The van der Waals surface area contributed by atoms with Crippen LogP contribution in [0.1, 0.15) is 57.4 Å². The largest absolute Gasteiger partial charge is 0.467 e. The van der Waals surface area contributed by atoms with Gasteiger partial charge in [-0.2, -0.15) is 0 Å². The highest BCUT2D eigenvalue weighted by molar-refractivity contribution is 5.81. The second-order valence-electron chi connectivity index (χ2n) is 6.56. The van der Waals surface area contributed by atoms with Gasteiger partial charge in [0.15, 0.2) is 0 Å². The number of methoxy groups -OCH3 is 1. The molecule has 2 rings (SSSR count). The molecule has 1 N–H and O–H groups in total. The highest BCUT2D eigenvalue weighted by Gasteiger charge is 2.27. The normalized spacial score (nSPS) is 14.7. The van der Waals surface area contributed by atoms with Gasteiger partial charge in [0.2, 0.25) is 6.41 Å². The summed E-state index contributed by atoms with van der Waals surface area (Å²) in [5.41, 5.74) is 0.533. The maximum Gasteiger partial charge on any atom is 0.330 e. The van der Waals surface area contributed by atoms with Crippen molar-refractivity contribution in [3.05, 3.63) is 39.9 Å². The van der Waals surface area contributed by atoms with E-state index in [-0.39, 0.29) is 10.6 Å². The highest BCUT2D eigenvalue weighted by Crippen LogP contribution is 2.33. The lowest BCUT2D eigenvalue weighted by atomic mass is 9.84. The van der Waals surface area contributed by atoms with Crippen LogP contribution in [-0.4, -0.2) is 30.0 Å². The number of non-ortho nitro benzene ring substituents is 1. The SMILES string of the molecule is COC(=O)C(C)(C)NC=O.O=[N+]([O-])c1ccc(C2CCCCC2)cc1. The zero-order chi connectivity index (χ0) is 18.9. The Morgan fingerprint density at radius 2 is 1.80 bits per heavy atom. The van der Waals surface area contributed by atoms with Crippen LogP contribution >= 0.6 is 0 Å². The van der Waals surface area contributed by atoms with Gasteiger partial charge in [0.25, 0.3) is 5.69 Å². The molecule has 1 amide bonds. The minimum absolute atomic E-state index is 0.189. The summed E-state index contributed by atoms with van der Waals surface area (Å²) >= 11 is 0. The number of nitro groups is 1. The second kappa shape index (κ2) is 9.76. The summed E-state index contributed by atoms with van der Waals surface area (Å²) in [5, 5.41) is 12.8. The van der Waals surface area contributed by atoms with Gasteiger partial charge in [-0.25, -0.2) is 4.79 Å². The fourth-order valence-corrected chi connectivity index (χ4v) is 2.77. The van der Waals surface area contributed by atoms with E-state index < -0.39 is 11.5 Å². The number of nitrogens with one attached hydrogen (secondary N) is 1. The van der Waals surface area contributed by atoms with E-state index >= 15 is 0 Å². The molecule has 0 saturated heterocycles. The van der Waals surface area contributed by atoms with E-state index in [4.69, 9.17) is 0 Å². The van der Waals surface area contributed by atoms with Gasteiger partial charge in [-0.15, -0.1) is 0 Å². The molecular weight excluding hydrogens is 324 g/mol. The minimum Gasteiger partial charge on any atom is -0.467 e. The van der Waals surface area contributed by atoms with Crippen molar-refractivity contribution in [2.75, 3.05) is 7.11 Å². The van der Waals surface area contributed by atoms with Gasteiger partial charge in [-0.1, -0.05) is 31.4 Å². The third-order valence-corrected chi connectivity index (χ3v) is 4.30. The first-order valence-electron chi connectivity index (χ1n) is 8.36. The van der Waals surface area contributed by atoms with Crippen molar-refractivity contribution in [3.63, 3.8) is 0 Å². The Balaban J connectivity index is 0.000000275. The van der Waals surface area contributed by atoms with E-state index in [0.29, 0.717) is 12.3 Å². The van der Waals surface area contributed by atoms with Gasteiger partial charge in [0.1, 0.15) is 5.54 Å². The number of amides is 1. The Morgan fingerprint density at radius 1 is 1.24 bits per heavy atom. The number of hydrogen-bond donors (Lipinski definition) is 1. The molecule has 0 aliphatic heterocycles. The van der Waals surface area contributed by atoms with Crippen molar-refractivity contribution in [1.82, 2.24) is 5.32 Å². The number of hydrogen-bond acceptors (Lipinski definition) is 5. The lowest BCUT2D eigenvalue weighted by Gasteiger charge is -2.21. The molecular formula is C18H26N2O5. The molecule has 1 saturated carbocycles. The molecule has 25 heavy (non-hydrogen) atoms. The van der Waals surface area contributed by atoms with Crippen molar-refractivity contribution in [1.29, 1.82) is 0 Å². The van der Waals surface area contributed by atoms with Gasteiger partial charge < -0.3 is 10.1 Å². The summed E-state index contributed by atoms with van der Waals surface area (Å²) < 4.78 is 4.41. The zero-order valence-corrected chi connectivity index (χ0v) is 15.0. The van der Waals surface area contributed by atoms with Crippen LogP contribution in [0.25, 0.3) is 0 Å². The first kappa shape index (κ1) is 20.6. The third kappa shape index (κ3) is 6.52. The second-order valence-corrected chi connectivity index (χ2v) is 6.56. The summed E-state index contributed by atoms with van der Waals surface area (Å²) in [5.74, 6) is 0.166. The van der Waals surface area contributed by atoms with Crippen LogP contribution in [0.4, 0.5) is 5.69 Å².